The van der Waals surface area contributed by atoms with Gasteiger partial charge in [0.2, 0.25) is 11.8 Å². The second-order valence-electron chi connectivity index (χ2n) is 8.07. The first-order valence-corrected chi connectivity index (χ1v) is 11.6. The van der Waals surface area contributed by atoms with E-state index >= 15 is 0 Å². The van der Waals surface area contributed by atoms with Crippen molar-refractivity contribution in [3.05, 3.63) is 53.6 Å². The highest BCUT2D eigenvalue weighted by molar-refractivity contribution is 5.87. The zero-order valence-electron chi connectivity index (χ0n) is 19.8. The van der Waals surface area contributed by atoms with E-state index in [9.17, 15) is 9.59 Å². The highest BCUT2D eigenvalue weighted by Crippen LogP contribution is 2.31. The van der Waals surface area contributed by atoms with Crippen molar-refractivity contribution in [2.45, 2.75) is 52.1 Å². The molecular formula is C26H34N2O5. The second-order valence-corrected chi connectivity index (χ2v) is 8.07. The first-order chi connectivity index (χ1) is 16.0. The number of methoxy groups -OCH3 is 1. The molecule has 1 N–H and O–H groups in total. The molecule has 0 fully saturated rings. The van der Waals surface area contributed by atoms with Gasteiger partial charge < -0.3 is 24.4 Å². The van der Waals surface area contributed by atoms with Crippen molar-refractivity contribution in [1.82, 2.24) is 10.2 Å². The number of ether oxygens (including phenoxy) is 3. The molecule has 0 unspecified atom stereocenters. The standard InChI is InChI=1S/C26H34N2O5/c1-4-13-27-26(30)22(5-2)28(18-20-7-6-8-21(16-20)31-3)25(29)12-10-19-9-11-23-24(17-19)33-15-14-32-23/h6-9,11,16-17,22H,4-5,10,12-15,18H2,1-3H3,(H,27,30)/t22-/m1/s1. The van der Waals surface area contributed by atoms with Gasteiger partial charge in [-0.3, -0.25) is 9.59 Å². The first-order valence-electron chi connectivity index (χ1n) is 11.6. The largest absolute Gasteiger partial charge is 0.497 e. The number of nitrogens with one attached hydrogen (secondary N) is 1. The average molecular weight is 455 g/mol. The summed E-state index contributed by atoms with van der Waals surface area (Å²) in [5.41, 5.74) is 1.92. The zero-order chi connectivity index (χ0) is 23.6. The molecule has 1 heterocycles. The van der Waals surface area contributed by atoms with Crippen LogP contribution in [-0.2, 0) is 22.6 Å². The van der Waals surface area contributed by atoms with Gasteiger partial charge in [-0.15, -0.1) is 0 Å². The first kappa shape index (κ1) is 24.4. The maximum atomic E-state index is 13.4. The minimum absolute atomic E-state index is 0.0637. The molecule has 2 amide bonds. The lowest BCUT2D eigenvalue weighted by Crippen LogP contribution is -2.49. The molecule has 0 aromatic heterocycles. The quantitative estimate of drug-likeness (QED) is 0.560. The summed E-state index contributed by atoms with van der Waals surface area (Å²) in [7, 11) is 1.61. The average Bonchev–Trinajstić information content (AvgIpc) is 2.85. The third-order valence-corrected chi connectivity index (χ3v) is 5.66. The summed E-state index contributed by atoms with van der Waals surface area (Å²) >= 11 is 0. The Hall–Kier alpha value is -3.22. The lowest BCUT2D eigenvalue weighted by molar-refractivity contribution is -0.141. The number of nitrogens with zero attached hydrogens (tertiary/aromatic N) is 1. The van der Waals surface area contributed by atoms with Crippen molar-refractivity contribution in [1.29, 1.82) is 0 Å². The Balaban J connectivity index is 1.76. The number of amides is 2. The minimum atomic E-state index is -0.532. The molecule has 0 radical (unpaired) electrons. The van der Waals surface area contributed by atoms with E-state index in [1.165, 1.54) is 0 Å². The van der Waals surface area contributed by atoms with Crippen molar-refractivity contribution in [3.63, 3.8) is 0 Å². The number of carbonyl (C=O) groups is 2. The lowest BCUT2D eigenvalue weighted by atomic mass is 10.1. The van der Waals surface area contributed by atoms with Crippen molar-refractivity contribution in [2.75, 3.05) is 26.9 Å². The van der Waals surface area contributed by atoms with Crippen LogP contribution in [0.5, 0.6) is 17.2 Å². The summed E-state index contributed by atoms with van der Waals surface area (Å²) in [6.07, 6.45) is 2.23. The van der Waals surface area contributed by atoms with Crippen molar-refractivity contribution in [2.24, 2.45) is 0 Å². The molecule has 0 aliphatic carbocycles. The van der Waals surface area contributed by atoms with Gasteiger partial charge in [0.05, 0.1) is 7.11 Å². The van der Waals surface area contributed by atoms with Crippen LogP contribution in [0, 0.1) is 0 Å². The van der Waals surface area contributed by atoms with Crippen LogP contribution in [0.4, 0.5) is 0 Å². The molecule has 0 saturated heterocycles. The number of aryl methyl sites for hydroxylation is 1. The number of carbonyl (C=O) groups excluding carboxylic acids is 2. The zero-order valence-corrected chi connectivity index (χ0v) is 19.8. The Morgan fingerprint density at radius 3 is 2.58 bits per heavy atom. The summed E-state index contributed by atoms with van der Waals surface area (Å²) in [5, 5.41) is 2.95. The van der Waals surface area contributed by atoms with E-state index in [2.05, 4.69) is 5.32 Å². The highest BCUT2D eigenvalue weighted by Gasteiger charge is 2.28. The van der Waals surface area contributed by atoms with Crippen LogP contribution in [-0.4, -0.2) is 49.6 Å². The molecule has 1 aliphatic heterocycles. The van der Waals surface area contributed by atoms with Gasteiger partial charge >= 0.3 is 0 Å². The monoisotopic (exact) mass is 454 g/mol. The van der Waals surface area contributed by atoms with Gasteiger partial charge in [0.15, 0.2) is 11.5 Å². The highest BCUT2D eigenvalue weighted by atomic mass is 16.6. The molecule has 33 heavy (non-hydrogen) atoms. The summed E-state index contributed by atoms with van der Waals surface area (Å²) in [6, 6.07) is 12.8. The van der Waals surface area contributed by atoms with Gasteiger partial charge in [0.1, 0.15) is 25.0 Å². The van der Waals surface area contributed by atoms with E-state index in [0.29, 0.717) is 51.3 Å². The number of hydrogen-bond acceptors (Lipinski definition) is 5. The second kappa shape index (κ2) is 12.1. The van der Waals surface area contributed by atoms with E-state index in [1.54, 1.807) is 12.0 Å². The van der Waals surface area contributed by atoms with Gasteiger partial charge in [-0.05, 0) is 54.7 Å². The van der Waals surface area contributed by atoms with Gasteiger partial charge in [0.25, 0.3) is 0 Å². The number of fused-ring (bicyclic) bond motifs is 1. The van der Waals surface area contributed by atoms with Gasteiger partial charge in [0, 0.05) is 19.5 Å². The Kier molecular flexibility index (Phi) is 8.98. The van der Waals surface area contributed by atoms with Crippen molar-refractivity contribution >= 4 is 11.8 Å². The van der Waals surface area contributed by atoms with Crippen LogP contribution >= 0.6 is 0 Å². The van der Waals surface area contributed by atoms with Crippen molar-refractivity contribution in [3.8, 4) is 17.2 Å². The molecule has 0 saturated carbocycles. The van der Waals surface area contributed by atoms with Crippen LogP contribution in [0.1, 0.15) is 44.2 Å². The van der Waals surface area contributed by atoms with Gasteiger partial charge in [-0.25, -0.2) is 0 Å². The van der Waals surface area contributed by atoms with E-state index in [0.717, 1.165) is 29.0 Å². The van der Waals surface area contributed by atoms with E-state index in [-0.39, 0.29) is 11.8 Å². The van der Waals surface area contributed by atoms with Gasteiger partial charge in [-0.1, -0.05) is 32.0 Å². The molecule has 0 spiro atoms. The van der Waals surface area contributed by atoms with Crippen LogP contribution in [0.2, 0.25) is 0 Å². The van der Waals surface area contributed by atoms with E-state index in [4.69, 9.17) is 14.2 Å². The van der Waals surface area contributed by atoms with Crippen LogP contribution in [0.25, 0.3) is 0 Å². The fraction of sp³-hybridized carbons (Fsp3) is 0.462. The number of benzene rings is 2. The number of rotatable bonds is 11. The summed E-state index contributed by atoms with van der Waals surface area (Å²) in [4.78, 5) is 28.0. The van der Waals surface area contributed by atoms with E-state index in [1.807, 2.05) is 56.3 Å². The van der Waals surface area contributed by atoms with Crippen LogP contribution in [0.15, 0.2) is 42.5 Å². The maximum absolute atomic E-state index is 13.4. The summed E-state index contributed by atoms with van der Waals surface area (Å²) in [6.45, 7) is 5.94. The Bertz CT molecular complexity index is 946. The summed E-state index contributed by atoms with van der Waals surface area (Å²) < 4.78 is 16.6. The molecule has 3 rings (SSSR count). The maximum Gasteiger partial charge on any atom is 0.242 e. The smallest absolute Gasteiger partial charge is 0.242 e. The third-order valence-electron chi connectivity index (χ3n) is 5.66. The molecule has 7 heteroatoms. The Morgan fingerprint density at radius 1 is 1.06 bits per heavy atom. The molecular weight excluding hydrogens is 420 g/mol. The van der Waals surface area contributed by atoms with Crippen LogP contribution < -0.4 is 19.5 Å². The molecule has 7 nitrogen and oxygen atoms in total. The molecule has 0 bridgehead atoms. The Labute approximate surface area is 196 Å². The van der Waals surface area contributed by atoms with Gasteiger partial charge in [-0.2, -0.15) is 0 Å². The minimum Gasteiger partial charge on any atom is -0.497 e. The predicted octanol–water partition coefficient (Wildman–Crippen LogP) is 3.73. The van der Waals surface area contributed by atoms with Crippen LogP contribution in [0.3, 0.4) is 0 Å². The lowest BCUT2D eigenvalue weighted by Gasteiger charge is -2.31. The Morgan fingerprint density at radius 2 is 1.85 bits per heavy atom. The molecule has 1 atom stereocenters. The third kappa shape index (κ3) is 6.63. The normalized spacial score (nSPS) is 13.2. The molecule has 2 aromatic carbocycles. The van der Waals surface area contributed by atoms with Crippen molar-refractivity contribution < 1.29 is 23.8 Å². The predicted molar refractivity (Wildman–Crippen MR) is 127 cm³/mol. The molecule has 1 aliphatic rings. The SMILES string of the molecule is CCCNC(=O)[C@@H](CC)N(Cc1cccc(OC)c1)C(=O)CCc1ccc2c(c1)OCCO2. The number of hydrogen-bond donors (Lipinski definition) is 1. The fourth-order valence-electron chi connectivity index (χ4n) is 3.89. The fourth-order valence-corrected chi connectivity index (χ4v) is 3.89. The summed E-state index contributed by atoms with van der Waals surface area (Å²) in [5.74, 6) is 1.99. The molecule has 178 valence electrons. The topological polar surface area (TPSA) is 77.1 Å². The van der Waals surface area contributed by atoms with E-state index < -0.39 is 6.04 Å². The molecule has 2 aromatic rings.